The summed E-state index contributed by atoms with van der Waals surface area (Å²) in [6.45, 7) is 0.414. The van der Waals surface area contributed by atoms with Crippen molar-refractivity contribution in [3.05, 3.63) is 29.8 Å². The maximum atomic E-state index is 11.8. The molecule has 1 fully saturated rings. The molecule has 1 saturated heterocycles. The quantitative estimate of drug-likeness (QED) is 0.769. The molecule has 0 aliphatic carbocycles. The van der Waals surface area contributed by atoms with E-state index in [1.54, 1.807) is 6.07 Å². The molecule has 4 N–H and O–H groups in total. The number of sulfone groups is 1. The van der Waals surface area contributed by atoms with E-state index in [0.717, 1.165) is 5.56 Å². The first-order chi connectivity index (χ1) is 9.48. The molecule has 0 bridgehead atoms. The lowest BCUT2D eigenvalue weighted by Crippen LogP contribution is -2.42. The molecule has 7 heteroatoms. The number of hydrogen-bond acceptors (Lipinski definition) is 4. The van der Waals surface area contributed by atoms with Crippen molar-refractivity contribution >= 4 is 21.6 Å². The van der Waals surface area contributed by atoms with Crippen LogP contribution in [0.25, 0.3) is 0 Å². The van der Waals surface area contributed by atoms with Crippen LogP contribution >= 0.6 is 0 Å². The number of benzene rings is 1. The van der Waals surface area contributed by atoms with Crippen LogP contribution in [0.15, 0.2) is 24.3 Å². The summed E-state index contributed by atoms with van der Waals surface area (Å²) in [5, 5.41) is 5.53. The Morgan fingerprint density at radius 3 is 2.65 bits per heavy atom. The topological polar surface area (TPSA) is 101 Å². The second-order valence-corrected chi connectivity index (χ2v) is 7.23. The van der Waals surface area contributed by atoms with Gasteiger partial charge in [-0.2, -0.15) is 0 Å². The van der Waals surface area contributed by atoms with Gasteiger partial charge in [0.05, 0.1) is 11.5 Å². The highest BCUT2D eigenvalue weighted by Crippen LogP contribution is 2.13. The largest absolute Gasteiger partial charge is 0.335 e. The molecule has 0 atom stereocenters. The highest BCUT2D eigenvalue weighted by atomic mass is 32.2. The van der Waals surface area contributed by atoms with Crippen molar-refractivity contribution in [3.8, 4) is 0 Å². The number of carbonyl (C=O) groups excluding carboxylic acids is 1. The van der Waals surface area contributed by atoms with E-state index in [0.29, 0.717) is 25.1 Å². The van der Waals surface area contributed by atoms with Crippen LogP contribution in [0.3, 0.4) is 0 Å². The molecular formula is C13H19N3O3S. The van der Waals surface area contributed by atoms with Gasteiger partial charge in [-0.05, 0) is 30.5 Å². The molecule has 0 radical (unpaired) electrons. The first-order valence-electron chi connectivity index (χ1n) is 6.55. The number of nitrogens with two attached hydrogens (primary N) is 1. The summed E-state index contributed by atoms with van der Waals surface area (Å²) >= 11 is 0. The van der Waals surface area contributed by atoms with Crippen molar-refractivity contribution < 1.29 is 13.2 Å². The predicted octanol–water partition coefficient (Wildman–Crippen LogP) is 0.844. The normalized spacial score (nSPS) is 18.4. The minimum absolute atomic E-state index is 0.0868. The fourth-order valence-corrected chi connectivity index (χ4v) is 3.65. The number of carbonyl (C=O) groups is 1. The highest BCUT2D eigenvalue weighted by Gasteiger charge is 2.24. The smallest absolute Gasteiger partial charge is 0.319 e. The maximum Gasteiger partial charge on any atom is 0.319 e. The Hall–Kier alpha value is -1.60. The number of amides is 2. The zero-order valence-corrected chi connectivity index (χ0v) is 11.9. The van der Waals surface area contributed by atoms with Crippen molar-refractivity contribution in [2.24, 2.45) is 5.73 Å². The van der Waals surface area contributed by atoms with Crippen molar-refractivity contribution in [3.63, 3.8) is 0 Å². The molecule has 110 valence electrons. The summed E-state index contributed by atoms with van der Waals surface area (Å²) in [5.41, 5.74) is 7.15. The lowest BCUT2D eigenvalue weighted by atomic mass is 10.1. The highest BCUT2D eigenvalue weighted by molar-refractivity contribution is 7.91. The molecule has 1 aromatic rings. The number of nitrogens with one attached hydrogen (secondary N) is 2. The van der Waals surface area contributed by atoms with Gasteiger partial charge in [-0.15, -0.1) is 0 Å². The Bertz CT molecular complexity index is 572. The maximum absolute atomic E-state index is 11.8. The van der Waals surface area contributed by atoms with Gasteiger partial charge in [0, 0.05) is 18.3 Å². The van der Waals surface area contributed by atoms with Gasteiger partial charge in [-0.1, -0.05) is 12.1 Å². The van der Waals surface area contributed by atoms with E-state index < -0.39 is 9.84 Å². The monoisotopic (exact) mass is 297 g/mol. The van der Waals surface area contributed by atoms with Crippen LogP contribution in [-0.4, -0.2) is 32.0 Å². The standard InChI is InChI=1S/C13H19N3O3S/c14-9-10-2-1-3-12(8-10)16-13(17)15-11-4-6-20(18,19)7-5-11/h1-3,8,11H,4-7,9,14H2,(H2,15,16,17). The third kappa shape index (κ3) is 4.21. The van der Waals surface area contributed by atoms with Gasteiger partial charge in [0.15, 0.2) is 0 Å². The first-order valence-corrected chi connectivity index (χ1v) is 8.37. The van der Waals surface area contributed by atoms with Crippen molar-refractivity contribution in [1.29, 1.82) is 0 Å². The SMILES string of the molecule is NCc1cccc(NC(=O)NC2CCS(=O)(=O)CC2)c1. The number of urea groups is 1. The molecular weight excluding hydrogens is 278 g/mol. The molecule has 2 rings (SSSR count). The van der Waals surface area contributed by atoms with Crippen LogP contribution in [0, 0.1) is 0 Å². The molecule has 1 heterocycles. The second kappa shape index (κ2) is 6.23. The fourth-order valence-electron chi connectivity index (χ4n) is 2.16. The van der Waals surface area contributed by atoms with Crippen molar-refractivity contribution in [2.45, 2.75) is 25.4 Å². The van der Waals surface area contributed by atoms with Gasteiger partial charge in [0.25, 0.3) is 0 Å². The van der Waals surface area contributed by atoms with E-state index in [-0.39, 0.29) is 23.6 Å². The van der Waals surface area contributed by atoms with Crippen LogP contribution in [0.4, 0.5) is 10.5 Å². The van der Waals surface area contributed by atoms with Gasteiger partial charge >= 0.3 is 6.03 Å². The van der Waals surface area contributed by atoms with E-state index in [1.807, 2.05) is 18.2 Å². The van der Waals surface area contributed by atoms with E-state index >= 15 is 0 Å². The molecule has 1 aromatic carbocycles. The fraction of sp³-hybridized carbons (Fsp3) is 0.462. The molecule has 1 aliphatic heterocycles. The molecule has 0 saturated carbocycles. The molecule has 1 aliphatic rings. The van der Waals surface area contributed by atoms with E-state index in [4.69, 9.17) is 5.73 Å². The first kappa shape index (κ1) is 14.8. The molecule has 6 nitrogen and oxygen atoms in total. The zero-order valence-electron chi connectivity index (χ0n) is 11.1. The molecule has 2 amide bonds. The third-order valence-electron chi connectivity index (χ3n) is 3.31. The van der Waals surface area contributed by atoms with Crippen LogP contribution in [0.1, 0.15) is 18.4 Å². The summed E-state index contributed by atoms with van der Waals surface area (Å²) in [4.78, 5) is 11.8. The summed E-state index contributed by atoms with van der Waals surface area (Å²) in [7, 11) is -2.90. The zero-order chi connectivity index (χ0) is 14.6. The Morgan fingerprint density at radius 1 is 1.30 bits per heavy atom. The van der Waals surface area contributed by atoms with Gasteiger partial charge in [-0.3, -0.25) is 0 Å². The Labute approximate surface area is 118 Å². The van der Waals surface area contributed by atoms with Gasteiger partial charge < -0.3 is 16.4 Å². The number of hydrogen-bond donors (Lipinski definition) is 3. The van der Waals surface area contributed by atoms with Crippen molar-refractivity contribution in [2.75, 3.05) is 16.8 Å². The summed E-state index contributed by atoms with van der Waals surface area (Å²) in [6.07, 6.45) is 0.942. The predicted molar refractivity (Wildman–Crippen MR) is 78.2 cm³/mol. The molecule has 0 unspecified atom stereocenters. The Morgan fingerprint density at radius 2 is 2.00 bits per heavy atom. The molecule has 20 heavy (non-hydrogen) atoms. The van der Waals surface area contributed by atoms with Crippen LogP contribution in [0.2, 0.25) is 0 Å². The molecule has 0 aromatic heterocycles. The Kier molecular flexibility index (Phi) is 4.61. The molecule has 0 spiro atoms. The second-order valence-electron chi connectivity index (χ2n) is 4.93. The summed E-state index contributed by atoms with van der Waals surface area (Å²) in [5.74, 6) is 0.279. The average Bonchev–Trinajstić information content (AvgIpc) is 2.41. The van der Waals surface area contributed by atoms with Gasteiger partial charge in [0.2, 0.25) is 0 Å². The van der Waals surface area contributed by atoms with Gasteiger partial charge in [-0.25, -0.2) is 13.2 Å². The summed E-state index contributed by atoms with van der Waals surface area (Å²) in [6, 6.07) is 6.90. The number of anilines is 1. The van der Waals surface area contributed by atoms with Crippen LogP contribution in [-0.2, 0) is 16.4 Å². The lowest BCUT2D eigenvalue weighted by Gasteiger charge is -2.23. The lowest BCUT2D eigenvalue weighted by molar-refractivity contribution is 0.247. The van der Waals surface area contributed by atoms with Crippen LogP contribution in [0.5, 0.6) is 0 Å². The van der Waals surface area contributed by atoms with E-state index in [9.17, 15) is 13.2 Å². The minimum Gasteiger partial charge on any atom is -0.335 e. The number of rotatable bonds is 3. The third-order valence-corrected chi connectivity index (χ3v) is 5.03. The average molecular weight is 297 g/mol. The van der Waals surface area contributed by atoms with E-state index in [1.165, 1.54) is 0 Å². The van der Waals surface area contributed by atoms with Crippen LogP contribution < -0.4 is 16.4 Å². The summed E-state index contributed by atoms with van der Waals surface area (Å²) < 4.78 is 22.6. The Balaban J connectivity index is 1.86. The minimum atomic E-state index is -2.90. The van der Waals surface area contributed by atoms with E-state index in [2.05, 4.69) is 10.6 Å². The van der Waals surface area contributed by atoms with Gasteiger partial charge in [0.1, 0.15) is 9.84 Å². The van der Waals surface area contributed by atoms with Crippen molar-refractivity contribution in [1.82, 2.24) is 5.32 Å².